The Hall–Kier alpha value is -1.59. The second-order valence-corrected chi connectivity index (χ2v) is 8.73. The van der Waals surface area contributed by atoms with Gasteiger partial charge in [0.25, 0.3) is 0 Å². The fourth-order valence-corrected chi connectivity index (χ4v) is 4.16. The summed E-state index contributed by atoms with van der Waals surface area (Å²) in [6.45, 7) is 5.74. The van der Waals surface area contributed by atoms with Crippen molar-refractivity contribution >= 4 is 22.1 Å². The molecule has 2 rings (SSSR count). The summed E-state index contributed by atoms with van der Waals surface area (Å²) in [5.41, 5.74) is 0. The molecule has 2 fully saturated rings. The van der Waals surface area contributed by atoms with E-state index in [9.17, 15) is 13.2 Å². The predicted octanol–water partition coefficient (Wildman–Crippen LogP) is -0.176. The summed E-state index contributed by atoms with van der Waals surface area (Å²) in [4.78, 5) is 19.6. The van der Waals surface area contributed by atoms with E-state index in [0.717, 1.165) is 19.3 Å². The van der Waals surface area contributed by atoms with Gasteiger partial charge in [-0.2, -0.15) is 0 Å². The number of hydrogen-bond acceptors (Lipinski definition) is 6. The predicted molar refractivity (Wildman–Crippen MR) is 107 cm³/mol. The molecule has 2 saturated heterocycles. The van der Waals surface area contributed by atoms with Gasteiger partial charge in [0.1, 0.15) is 0 Å². The Kier molecular flexibility index (Phi) is 9.26. The quantitative estimate of drug-likeness (QED) is 0.435. The number of ether oxygens (including phenoxy) is 2. The van der Waals surface area contributed by atoms with Gasteiger partial charge in [-0.3, -0.25) is 4.99 Å². The third kappa shape index (κ3) is 7.44. The highest BCUT2D eigenvalue weighted by Crippen LogP contribution is 2.11. The van der Waals surface area contributed by atoms with Gasteiger partial charge in [0, 0.05) is 52.9 Å². The minimum atomic E-state index is -3.38. The molecule has 2 aliphatic heterocycles. The molecule has 0 aromatic rings. The summed E-state index contributed by atoms with van der Waals surface area (Å²) in [6.07, 6.45) is 2.68. The first-order valence-corrected chi connectivity index (χ1v) is 11.6. The lowest BCUT2D eigenvalue weighted by Gasteiger charge is -2.35. The van der Waals surface area contributed by atoms with Gasteiger partial charge in [0.2, 0.25) is 10.0 Å². The van der Waals surface area contributed by atoms with Crippen LogP contribution in [-0.4, -0.2) is 102 Å². The number of sulfonamides is 1. The zero-order valence-electron chi connectivity index (χ0n) is 16.9. The SMILES string of the molecule is CCOC(=O)N1CCN(C(=NC)NCCS(=O)(=O)NCC2CCCCO2)CC1. The van der Waals surface area contributed by atoms with Crippen molar-refractivity contribution < 1.29 is 22.7 Å². The molecule has 0 saturated carbocycles. The number of piperazine rings is 1. The lowest BCUT2D eigenvalue weighted by molar-refractivity contribution is 0.0200. The van der Waals surface area contributed by atoms with Crippen molar-refractivity contribution in [3.63, 3.8) is 0 Å². The van der Waals surface area contributed by atoms with Crippen molar-refractivity contribution in [3.05, 3.63) is 0 Å². The van der Waals surface area contributed by atoms with E-state index < -0.39 is 10.0 Å². The van der Waals surface area contributed by atoms with Crippen LogP contribution in [0.1, 0.15) is 26.2 Å². The molecular formula is C17H33N5O5S. The number of nitrogens with zero attached hydrogens (tertiary/aromatic N) is 3. The smallest absolute Gasteiger partial charge is 0.409 e. The van der Waals surface area contributed by atoms with Crippen molar-refractivity contribution in [2.24, 2.45) is 4.99 Å². The van der Waals surface area contributed by atoms with Crippen LogP contribution in [0.5, 0.6) is 0 Å². The van der Waals surface area contributed by atoms with E-state index in [1.165, 1.54) is 0 Å². The lowest BCUT2D eigenvalue weighted by atomic mass is 10.1. The molecule has 0 aromatic heterocycles. The third-order valence-corrected chi connectivity index (χ3v) is 6.12. The van der Waals surface area contributed by atoms with Gasteiger partial charge in [0.05, 0.1) is 18.5 Å². The van der Waals surface area contributed by atoms with Gasteiger partial charge >= 0.3 is 6.09 Å². The second kappa shape index (κ2) is 11.4. The number of carbonyl (C=O) groups excluding carboxylic acids is 1. The Labute approximate surface area is 167 Å². The number of carbonyl (C=O) groups is 1. The third-order valence-electron chi connectivity index (χ3n) is 4.78. The zero-order chi connectivity index (χ0) is 20.4. The molecule has 28 heavy (non-hydrogen) atoms. The van der Waals surface area contributed by atoms with Crippen LogP contribution in [0.4, 0.5) is 4.79 Å². The lowest BCUT2D eigenvalue weighted by Crippen LogP contribution is -2.54. The molecule has 2 heterocycles. The number of hydrogen-bond donors (Lipinski definition) is 2. The Bertz CT molecular complexity index is 613. The van der Waals surface area contributed by atoms with Crippen LogP contribution in [0, 0.1) is 0 Å². The van der Waals surface area contributed by atoms with Gasteiger partial charge in [-0.1, -0.05) is 0 Å². The number of rotatable bonds is 7. The van der Waals surface area contributed by atoms with E-state index in [0.29, 0.717) is 51.9 Å². The van der Waals surface area contributed by atoms with Crippen LogP contribution in [0.2, 0.25) is 0 Å². The summed E-state index contributed by atoms with van der Waals surface area (Å²) in [5.74, 6) is 0.593. The normalized spacial score (nSPS) is 21.5. The summed E-state index contributed by atoms with van der Waals surface area (Å²) in [5, 5.41) is 3.09. The first-order chi connectivity index (χ1) is 13.4. The summed E-state index contributed by atoms with van der Waals surface area (Å²) < 4.78 is 37.5. The van der Waals surface area contributed by atoms with Crippen LogP contribution < -0.4 is 10.0 Å². The molecule has 0 aliphatic carbocycles. The van der Waals surface area contributed by atoms with Crippen LogP contribution in [0.3, 0.4) is 0 Å². The molecule has 2 aliphatic rings. The highest BCUT2D eigenvalue weighted by atomic mass is 32.2. The van der Waals surface area contributed by atoms with Gasteiger partial charge in [0.15, 0.2) is 5.96 Å². The number of amides is 1. The standard InChI is InChI=1S/C17H33N5O5S/c1-3-26-17(23)22-10-8-21(9-11-22)16(18-2)19-7-13-28(24,25)20-14-15-6-4-5-12-27-15/h15,20H,3-14H2,1-2H3,(H,18,19). The average molecular weight is 420 g/mol. The Morgan fingerprint density at radius 3 is 2.54 bits per heavy atom. The maximum atomic E-state index is 12.2. The van der Waals surface area contributed by atoms with Gasteiger partial charge < -0.3 is 24.6 Å². The van der Waals surface area contributed by atoms with Crippen LogP contribution >= 0.6 is 0 Å². The number of aliphatic imine (C=N–C) groups is 1. The van der Waals surface area contributed by atoms with Crippen molar-refractivity contribution in [1.29, 1.82) is 0 Å². The van der Waals surface area contributed by atoms with Gasteiger partial charge in [-0.25, -0.2) is 17.9 Å². The molecule has 0 bridgehead atoms. The highest BCUT2D eigenvalue weighted by molar-refractivity contribution is 7.89. The van der Waals surface area contributed by atoms with E-state index in [1.807, 2.05) is 4.90 Å². The molecule has 0 spiro atoms. The topological polar surface area (TPSA) is 113 Å². The largest absolute Gasteiger partial charge is 0.450 e. The molecule has 10 nitrogen and oxygen atoms in total. The monoisotopic (exact) mass is 419 g/mol. The fraction of sp³-hybridized carbons (Fsp3) is 0.882. The molecule has 2 N–H and O–H groups in total. The molecular weight excluding hydrogens is 386 g/mol. The Morgan fingerprint density at radius 2 is 1.93 bits per heavy atom. The van der Waals surface area contributed by atoms with Crippen LogP contribution in [0.15, 0.2) is 4.99 Å². The minimum absolute atomic E-state index is 0.0278. The Morgan fingerprint density at radius 1 is 1.21 bits per heavy atom. The summed E-state index contributed by atoms with van der Waals surface area (Å²) >= 11 is 0. The van der Waals surface area contributed by atoms with Gasteiger partial charge in [-0.15, -0.1) is 0 Å². The molecule has 1 unspecified atom stereocenters. The van der Waals surface area contributed by atoms with E-state index in [1.54, 1.807) is 18.9 Å². The molecule has 162 valence electrons. The maximum Gasteiger partial charge on any atom is 0.409 e. The minimum Gasteiger partial charge on any atom is -0.450 e. The summed E-state index contributed by atoms with van der Waals surface area (Å²) in [6, 6.07) is 0. The van der Waals surface area contributed by atoms with Gasteiger partial charge in [-0.05, 0) is 26.2 Å². The molecule has 11 heteroatoms. The van der Waals surface area contributed by atoms with E-state index in [4.69, 9.17) is 9.47 Å². The maximum absolute atomic E-state index is 12.2. The zero-order valence-corrected chi connectivity index (χ0v) is 17.7. The number of nitrogens with one attached hydrogen (secondary N) is 2. The van der Waals surface area contributed by atoms with Crippen molar-refractivity contribution in [3.8, 4) is 0 Å². The first kappa shape index (κ1) is 22.7. The molecule has 1 atom stereocenters. The van der Waals surface area contributed by atoms with E-state index >= 15 is 0 Å². The molecule has 0 radical (unpaired) electrons. The van der Waals surface area contributed by atoms with E-state index in [2.05, 4.69) is 15.0 Å². The first-order valence-electron chi connectivity index (χ1n) is 9.91. The second-order valence-electron chi connectivity index (χ2n) is 6.80. The average Bonchev–Trinajstić information content (AvgIpc) is 2.71. The summed E-state index contributed by atoms with van der Waals surface area (Å²) in [7, 11) is -1.72. The number of guanidine groups is 1. The van der Waals surface area contributed by atoms with Crippen molar-refractivity contribution in [1.82, 2.24) is 19.8 Å². The molecule has 0 aromatic carbocycles. The van der Waals surface area contributed by atoms with Crippen molar-refractivity contribution in [2.75, 3.05) is 65.3 Å². The highest BCUT2D eigenvalue weighted by Gasteiger charge is 2.24. The molecule has 1 amide bonds. The van der Waals surface area contributed by atoms with E-state index in [-0.39, 0.29) is 24.5 Å². The van der Waals surface area contributed by atoms with Crippen molar-refractivity contribution in [2.45, 2.75) is 32.3 Å². The van der Waals surface area contributed by atoms with Crippen LogP contribution in [-0.2, 0) is 19.5 Å². The fourth-order valence-electron chi connectivity index (χ4n) is 3.21. The van der Waals surface area contributed by atoms with Crippen LogP contribution in [0.25, 0.3) is 0 Å². The Balaban J connectivity index is 1.69.